The molecule has 0 aromatic carbocycles. The van der Waals surface area contributed by atoms with Gasteiger partial charge in [0.1, 0.15) is 11.9 Å². The number of piperidine rings is 1. The van der Waals surface area contributed by atoms with Crippen LogP contribution in [0.5, 0.6) is 0 Å². The van der Waals surface area contributed by atoms with Gasteiger partial charge in [0.25, 0.3) is 0 Å². The molecule has 0 unspecified atom stereocenters. The fraction of sp³-hybridized carbons (Fsp3) is 0.722. The fourth-order valence-corrected chi connectivity index (χ4v) is 4.00. The molecule has 2 atom stereocenters. The van der Waals surface area contributed by atoms with Gasteiger partial charge >= 0.3 is 5.97 Å². The van der Waals surface area contributed by atoms with Gasteiger partial charge in [-0.2, -0.15) is 0 Å². The van der Waals surface area contributed by atoms with E-state index in [4.69, 9.17) is 4.74 Å². The van der Waals surface area contributed by atoms with E-state index in [0.29, 0.717) is 31.5 Å². The topological polar surface area (TPSA) is 84.7 Å². The Balaban J connectivity index is 1.67. The average molecular weight is 349 g/mol. The number of carbonyl (C=O) groups excluding carboxylic acids is 1. The van der Waals surface area contributed by atoms with Gasteiger partial charge in [-0.3, -0.25) is 9.59 Å². The lowest BCUT2D eigenvalue weighted by Gasteiger charge is -2.39. The summed E-state index contributed by atoms with van der Waals surface area (Å²) in [7, 11) is 1.84. The Morgan fingerprint density at radius 3 is 2.76 bits per heavy atom. The molecule has 7 heteroatoms. The van der Waals surface area contributed by atoms with Gasteiger partial charge < -0.3 is 19.3 Å². The number of aromatic nitrogens is 2. The quantitative estimate of drug-likeness (QED) is 0.762. The monoisotopic (exact) mass is 349 g/mol. The summed E-state index contributed by atoms with van der Waals surface area (Å²) in [5.41, 5.74) is 0. The summed E-state index contributed by atoms with van der Waals surface area (Å²) in [6.45, 7) is 1.12. The van der Waals surface area contributed by atoms with Crippen LogP contribution in [0.1, 0.15) is 56.8 Å². The number of carboxylic acids is 1. The summed E-state index contributed by atoms with van der Waals surface area (Å²) >= 11 is 0. The predicted octanol–water partition coefficient (Wildman–Crippen LogP) is 2.13. The van der Waals surface area contributed by atoms with Crippen LogP contribution in [0.2, 0.25) is 0 Å². The van der Waals surface area contributed by atoms with Crippen LogP contribution in [0.25, 0.3) is 0 Å². The summed E-state index contributed by atoms with van der Waals surface area (Å²) in [6, 6.07) is -0.509. The molecule has 0 bridgehead atoms. The van der Waals surface area contributed by atoms with E-state index in [0.717, 1.165) is 19.3 Å². The van der Waals surface area contributed by atoms with Gasteiger partial charge in [0.15, 0.2) is 0 Å². The second-order valence-corrected chi connectivity index (χ2v) is 7.04. The first-order valence-corrected chi connectivity index (χ1v) is 9.19. The smallest absolute Gasteiger partial charge is 0.309 e. The van der Waals surface area contributed by atoms with Crippen molar-refractivity contribution in [1.29, 1.82) is 0 Å². The molecule has 25 heavy (non-hydrogen) atoms. The third-order valence-corrected chi connectivity index (χ3v) is 5.35. The molecule has 1 saturated heterocycles. The van der Waals surface area contributed by atoms with Crippen molar-refractivity contribution in [3.05, 3.63) is 18.2 Å². The highest BCUT2D eigenvalue weighted by molar-refractivity contribution is 5.81. The molecule has 2 heterocycles. The molecule has 1 aliphatic heterocycles. The van der Waals surface area contributed by atoms with Crippen molar-refractivity contribution in [3.8, 4) is 0 Å². The summed E-state index contributed by atoms with van der Waals surface area (Å²) < 4.78 is 7.68. The number of nitrogens with zero attached hydrogens (tertiary/aromatic N) is 3. The first-order chi connectivity index (χ1) is 12.1. The number of ether oxygens (including phenoxy) is 1. The Kier molecular flexibility index (Phi) is 5.73. The number of hydrogen-bond donors (Lipinski definition) is 1. The number of aryl methyl sites for hydroxylation is 1. The lowest BCUT2D eigenvalue weighted by molar-refractivity contribution is -0.152. The van der Waals surface area contributed by atoms with E-state index in [1.807, 2.05) is 7.05 Å². The van der Waals surface area contributed by atoms with E-state index in [1.54, 1.807) is 21.9 Å². The Morgan fingerprint density at radius 1 is 1.36 bits per heavy atom. The maximum absolute atomic E-state index is 12.5. The van der Waals surface area contributed by atoms with Crippen molar-refractivity contribution in [2.45, 2.75) is 57.1 Å². The van der Waals surface area contributed by atoms with Gasteiger partial charge in [0.2, 0.25) is 5.91 Å². The van der Waals surface area contributed by atoms with Crippen LogP contribution in [-0.4, -0.2) is 50.7 Å². The molecule has 1 amide bonds. The van der Waals surface area contributed by atoms with E-state index in [2.05, 4.69) is 4.98 Å². The molecular weight excluding hydrogens is 322 g/mol. The lowest BCUT2D eigenvalue weighted by atomic mass is 9.88. The van der Waals surface area contributed by atoms with Crippen LogP contribution in [-0.2, 0) is 21.4 Å². The lowest BCUT2D eigenvalue weighted by Crippen LogP contribution is -2.46. The number of imidazole rings is 1. The van der Waals surface area contributed by atoms with Crippen LogP contribution < -0.4 is 0 Å². The number of carbonyl (C=O) groups is 2. The Labute approximate surface area is 148 Å². The fourth-order valence-electron chi connectivity index (χ4n) is 4.00. The van der Waals surface area contributed by atoms with Gasteiger partial charge in [0.05, 0.1) is 12.0 Å². The van der Waals surface area contributed by atoms with Crippen LogP contribution >= 0.6 is 0 Å². The van der Waals surface area contributed by atoms with Gasteiger partial charge in [-0.15, -0.1) is 0 Å². The third kappa shape index (κ3) is 4.03. The molecule has 2 fully saturated rings. The molecular formula is C18H27N3O4. The molecule has 1 aromatic heterocycles. The zero-order valence-electron chi connectivity index (χ0n) is 14.8. The highest BCUT2D eigenvalue weighted by Crippen LogP contribution is 2.36. The van der Waals surface area contributed by atoms with Gasteiger partial charge in [0, 0.05) is 39.0 Å². The van der Waals surface area contributed by atoms with Crippen LogP contribution in [0.3, 0.4) is 0 Å². The van der Waals surface area contributed by atoms with Gasteiger partial charge in [-0.25, -0.2) is 4.98 Å². The Morgan fingerprint density at radius 2 is 2.12 bits per heavy atom. The van der Waals surface area contributed by atoms with E-state index in [9.17, 15) is 14.7 Å². The maximum Gasteiger partial charge on any atom is 0.309 e. The number of amides is 1. The maximum atomic E-state index is 12.5. The van der Waals surface area contributed by atoms with E-state index in [-0.39, 0.29) is 12.3 Å². The largest absolute Gasteiger partial charge is 0.481 e. The molecule has 0 spiro atoms. The Hall–Kier alpha value is -1.89. The third-order valence-electron chi connectivity index (χ3n) is 5.35. The summed E-state index contributed by atoms with van der Waals surface area (Å²) in [4.78, 5) is 30.2. The second-order valence-electron chi connectivity index (χ2n) is 7.04. The molecule has 2 aliphatic rings. The molecule has 0 radical (unpaired) electrons. The summed E-state index contributed by atoms with van der Waals surface area (Å²) in [6.07, 6.45) is 9.86. The van der Waals surface area contributed by atoms with E-state index >= 15 is 0 Å². The second kappa shape index (κ2) is 7.99. The molecule has 3 rings (SSSR count). The van der Waals surface area contributed by atoms with E-state index < -0.39 is 17.9 Å². The number of aliphatic carboxylic acids is 1. The van der Waals surface area contributed by atoms with Gasteiger partial charge in [-0.05, 0) is 25.7 Å². The zero-order valence-corrected chi connectivity index (χ0v) is 14.8. The molecule has 138 valence electrons. The molecule has 7 nitrogen and oxygen atoms in total. The SMILES string of the molecule is Cn1ccnc1[C@@H]1[C@@H](C(=O)O)CCC(=O)N1CCCOC1CCCC1. The minimum atomic E-state index is -0.868. The number of rotatable bonds is 7. The number of likely N-dealkylation sites (tertiary alicyclic amines) is 1. The standard InChI is InChI=1S/C18H27N3O4/c1-20-11-9-19-17(20)16-14(18(23)24)7-8-15(22)21(16)10-4-12-25-13-5-2-3-6-13/h9,11,13-14,16H,2-8,10,12H2,1H3,(H,23,24)/t14-,16-/m0/s1. The highest BCUT2D eigenvalue weighted by atomic mass is 16.5. The first-order valence-electron chi connectivity index (χ1n) is 9.19. The normalized spacial score (nSPS) is 24.8. The van der Waals surface area contributed by atoms with Crippen LogP contribution in [0, 0.1) is 5.92 Å². The van der Waals surface area contributed by atoms with Crippen molar-refractivity contribution < 1.29 is 19.4 Å². The van der Waals surface area contributed by atoms with Crippen molar-refractivity contribution in [2.24, 2.45) is 13.0 Å². The van der Waals surface area contributed by atoms with Crippen molar-refractivity contribution >= 4 is 11.9 Å². The summed E-state index contributed by atoms with van der Waals surface area (Å²) in [5, 5.41) is 9.62. The average Bonchev–Trinajstić information content (AvgIpc) is 3.23. The number of hydrogen-bond acceptors (Lipinski definition) is 4. The first kappa shape index (κ1) is 17.9. The van der Waals surface area contributed by atoms with Crippen molar-refractivity contribution in [2.75, 3.05) is 13.2 Å². The molecule has 1 saturated carbocycles. The minimum absolute atomic E-state index is 0.00589. The highest BCUT2D eigenvalue weighted by Gasteiger charge is 2.42. The van der Waals surface area contributed by atoms with Crippen molar-refractivity contribution in [1.82, 2.24) is 14.5 Å². The summed E-state index contributed by atoms with van der Waals surface area (Å²) in [5.74, 6) is -0.842. The van der Waals surface area contributed by atoms with E-state index in [1.165, 1.54) is 12.8 Å². The molecule has 1 N–H and O–H groups in total. The minimum Gasteiger partial charge on any atom is -0.481 e. The zero-order chi connectivity index (χ0) is 17.8. The number of carboxylic acid groups (broad SMARTS) is 1. The van der Waals surface area contributed by atoms with Gasteiger partial charge in [-0.1, -0.05) is 12.8 Å². The van der Waals surface area contributed by atoms with Crippen LogP contribution in [0.4, 0.5) is 0 Å². The Bertz CT molecular complexity index is 609. The van der Waals surface area contributed by atoms with Crippen LogP contribution in [0.15, 0.2) is 12.4 Å². The van der Waals surface area contributed by atoms with Crippen molar-refractivity contribution in [3.63, 3.8) is 0 Å². The predicted molar refractivity (Wildman–Crippen MR) is 90.8 cm³/mol. The molecule has 1 aromatic rings. The molecule has 1 aliphatic carbocycles.